The van der Waals surface area contributed by atoms with Crippen LogP contribution in [0.15, 0.2) is 27.7 Å². The van der Waals surface area contributed by atoms with Crippen molar-refractivity contribution in [1.29, 1.82) is 0 Å². The monoisotopic (exact) mass is 356 g/mol. The second-order valence-corrected chi connectivity index (χ2v) is 7.96. The molecular weight excluding hydrogens is 336 g/mol. The Labute approximate surface area is 133 Å². The van der Waals surface area contributed by atoms with Crippen LogP contribution in [0.5, 0.6) is 5.75 Å². The molecule has 110 valence electrons. The largest absolute Gasteiger partial charge is 0.497 e. The van der Waals surface area contributed by atoms with Gasteiger partial charge in [0.25, 0.3) is 0 Å². The molecule has 0 amide bonds. The van der Waals surface area contributed by atoms with Crippen LogP contribution in [0.25, 0.3) is 0 Å². The first-order valence-electron chi connectivity index (χ1n) is 6.70. The summed E-state index contributed by atoms with van der Waals surface area (Å²) in [6, 6.07) is 6.33. The number of hydrogen-bond donors (Lipinski definition) is 1. The van der Waals surface area contributed by atoms with Gasteiger partial charge in [-0.05, 0) is 24.0 Å². The minimum atomic E-state index is 0.211. The highest BCUT2D eigenvalue weighted by molar-refractivity contribution is 9.10. The molecule has 1 unspecified atom stereocenters. The van der Waals surface area contributed by atoms with Crippen molar-refractivity contribution < 1.29 is 4.74 Å². The molecule has 1 aromatic rings. The van der Waals surface area contributed by atoms with Gasteiger partial charge in [-0.2, -0.15) is 0 Å². The van der Waals surface area contributed by atoms with E-state index in [0.717, 1.165) is 33.3 Å². The van der Waals surface area contributed by atoms with Crippen molar-refractivity contribution in [2.45, 2.75) is 33.2 Å². The van der Waals surface area contributed by atoms with Crippen molar-refractivity contribution in [2.75, 3.05) is 18.2 Å². The van der Waals surface area contributed by atoms with E-state index in [0.29, 0.717) is 6.04 Å². The number of nitrogens with zero attached hydrogens (tertiary/aromatic N) is 1. The molecule has 0 radical (unpaired) electrons. The highest BCUT2D eigenvalue weighted by Crippen LogP contribution is 2.32. The molecule has 0 fully saturated rings. The standard InChI is InChI=1S/C15H21BrN2OS/c1-15(2,3)13-5-6-20-14(18-13)17-11-7-10(16)8-12(9-11)19-4/h7-9,13H,5-6H2,1-4H3,(H,17,18). The van der Waals surface area contributed by atoms with Gasteiger partial charge in [-0.1, -0.05) is 48.5 Å². The van der Waals surface area contributed by atoms with Crippen LogP contribution in [0.2, 0.25) is 0 Å². The van der Waals surface area contributed by atoms with Crippen LogP contribution in [-0.2, 0) is 0 Å². The summed E-state index contributed by atoms with van der Waals surface area (Å²) in [5.74, 6) is 1.94. The molecule has 0 saturated heterocycles. The predicted molar refractivity (Wildman–Crippen MR) is 92.1 cm³/mol. The van der Waals surface area contributed by atoms with Gasteiger partial charge in [0.15, 0.2) is 5.17 Å². The average Bonchev–Trinajstić information content (AvgIpc) is 2.37. The summed E-state index contributed by atoms with van der Waals surface area (Å²) in [5.41, 5.74) is 1.21. The molecule has 20 heavy (non-hydrogen) atoms. The van der Waals surface area contributed by atoms with Crippen LogP contribution in [0, 0.1) is 5.41 Å². The zero-order chi connectivity index (χ0) is 14.8. The molecule has 1 aliphatic rings. The Balaban J connectivity index is 2.17. The molecule has 1 aliphatic heterocycles. The molecule has 1 aromatic carbocycles. The van der Waals surface area contributed by atoms with Gasteiger partial charge in [0.1, 0.15) is 5.75 Å². The number of hydrogen-bond acceptors (Lipinski definition) is 4. The van der Waals surface area contributed by atoms with E-state index < -0.39 is 0 Å². The zero-order valence-corrected chi connectivity index (χ0v) is 14.8. The first-order chi connectivity index (χ1) is 9.38. The Morgan fingerprint density at radius 3 is 2.75 bits per heavy atom. The molecule has 0 spiro atoms. The summed E-state index contributed by atoms with van der Waals surface area (Å²) in [5, 5.41) is 4.40. The summed E-state index contributed by atoms with van der Waals surface area (Å²) in [6.07, 6.45) is 1.14. The Morgan fingerprint density at radius 1 is 1.35 bits per heavy atom. The van der Waals surface area contributed by atoms with E-state index in [-0.39, 0.29) is 5.41 Å². The number of benzene rings is 1. The van der Waals surface area contributed by atoms with Crippen molar-refractivity contribution in [3.63, 3.8) is 0 Å². The minimum Gasteiger partial charge on any atom is -0.497 e. The molecule has 2 rings (SSSR count). The van der Waals surface area contributed by atoms with Crippen LogP contribution >= 0.6 is 27.7 Å². The molecular formula is C15H21BrN2OS. The molecule has 5 heteroatoms. The van der Waals surface area contributed by atoms with Gasteiger partial charge >= 0.3 is 0 Å². The average molecular weight is 357 g/mol. The summed E-state index contributed by atoms with van der Waals surface area (Å²) in [4.78, 5) is 4.85. The summed E-state index contributed by atoms with van der Waals surface area (Å²) >= 11 is 5.28. The van der Waals surface area contributed by atoms with Gasteiger partial charge < -0.3 is 10.1 Å². The third-order valence-corrected chi connectivity index (χ3v) is 4.64. The molecule has 0 saturated carbocycles. The molecule has 1 N–H and O–H groups in total. The van der Waals surface area contributed by atoms with Crippen LogP contribution in [0.3, 0.4) is 0 Å². The number of aliphatic imine (C=N–C) groups is 1. The Kier molecular flexibility index (Phi) is 5.02. The Bertz CT molecular complexity index is 511. The fraction of sp³-hybridized carbons (Fsp3) is 0.533. The van der Waals surface area contributed by atoms with Crippen LogP contribution in [-0.4, -0.2) is 24.1 Å². The fourth-order valence-electron chi connectivity index (χ4n) is 2.08. The van der Waals surface area contributed by atoms with Crippen molar-refractivity contribution in [2.24, 2.45) is 10.4 Å². The Morgan fingerprint density at radius 2 is 2.10 bits per heavy atom. The zero-order valence-electron chi connectivity index (χ0n) is 12.4. The number of halogens is 1. The highest BCUT2D eigenvalue weighted by Gasteiger charge is 2.27. The first-order valence-corrected chi connectivity index (χ1v) is 8.48. The summed E-state index contributed by atoms with van der Waals surface area (Å²) in [6.45, 7) is 6.74. The lowest BCUT2D eigenvalue weighted by Gasteiger charge is -2.31. The maximum atomic E-state index is 5.28. The molecule has 0 bridgehead atoms. The van der Waals surface area contributed by atoms with E-state index >= 15 is 0 Å². The van der Waals surface area contributed by atoms with E-state index in [4.69, 9.17) is 9.73 Å². The molecule has 0 aromatic heterocycles. The predicted octanol–water partition coefficient (Wildman–Crippen LogP) is 4.78. The van der Waals surface area contributed by atoms with Crippen molar-refractivity contribution in [1.82, 2.24) is 0 Å². The third-order valence-electron chi connectivity index (χ3n) is 3.26. The van der Waals surface area contributed by atoms with Crippen LogP contribution < -0.4 is 10.1 Å². The van der Waals surface area contributed by atoms with E-state index in [1.54, 1.807) is 18.9 Å². The van der Waals surface area contributed by atoms with Crippen molar-refractivity contribution in [3.05, 3.63) is 22.7 Å². The molecule has 1 atom stereocenters. The third kappa shape index (κ3) is 4.16. The number of nitrogens with one attached hydrogen (secondary N) is 1. The van der Waals surface area contributed by atoms with Crippen LogP contribution in [0.4, 0.5) is 5.69 Å². The second kappa shape index (κ2) is 6.39. The van der Waals surface area contributed by atoms with Crippen molar-refractivity contribution in [3.8, 4) is 5.75 Å². The number of methoxy groups -OCH3 is 1. The lowest BCUT2D eigenvalue weighted by Crippen LogP contribution is -2.30. The number of thioether (sulfide) groups is 1. The molecule has 1 heterocycles. The first kappa shape index (κ1) is 15.7. The summed E-state index contributed by atoms with van der Waals surface area (Å²) < 4.78 is 6.28. The van der Waals surface area contributed by atoms with E-state index in [1.165, 1.54) is 0 Å². The SMILES string of the molecule is COc1cc(Br)cc(NC2=NC(C(C)(C)C)CCS2)c1. The van der Waals surface area contributed by atoms with Gasteiger partial charge in [-0.3, -0.25) is 4.99 Å². The number of rotatable bonds is 2. The lowest BCUT2D eigenvalue weighted by atomic mass is 9.85. The van der Waals surface area contributed by atoms with Crippen molar-refractivity contribution >= 4 is 38.5 Å². The maximum absolute atomic E-state index is 5.28. The van der Waals surface area contributed by atoms with E-state index in [2.05, 4.69) is 42.0 Å². The van der Waals surface area contributed by atoms with E-state index in [1.807, 2.05) is 18.2 Å². The molecule has 0 aliphatic carbocycles. The maximum Gasteiger partial charge on any atom is 0.161 e. The quantitative estimate of drug-likeness (QED) is 0.827. The minimum absolute atomic E-state index is 0.211. The number of amidine groups is 1. The smallest absolute Gasteiger partial charge is 0.161 e. The van der Waals surface area contributed by atoms with Gasteiger partial charge in [-0.15, -0.1) is 0 Å². The van der Waals surface area contributed by atoms with Crippen LogP contribution in [0.1, 0.15) is 27.2 Å². The normalized spacial score (nSPS) is 19.4. The van der Waals surface area contributed by atoms with Gasteiger partial charge in [-0.25, -0.2) is 0 Å². The fourth-order valence-corrected chi connectivity index (χ4v) is 3.48. The number of anilines is 1. The van der Waals surface area contributed by atoms with Gasteiger partial charge in [0.2, 0.25) is 0 Å². The Hall–Kier alpha value is -0.680. The van der Waals surface area contributed by atoms with E-state index in [9.17, 15) is 0 Å². The van der Waals surface area contributed by atoms with Gasteiger partial charge in [0, 0.05) is 22.0 Å². The second-order valence-electron chi connectivity index (χ2n) is 5.96. The molecule has 3 nitrogen and oxygen atoms in total. The number of ether oxygens (including phenoxy) is 1. The highest BCUT2D eigenvalue weighted by atomic mass is 79.9. The topological polar surface area (TPSA) is 33.6 Å². The lowest BCUT2D eigenvalue weighted by molar-refractivity contribution is 0.316. The summed E-state index contributed by atoms with van der Waals surface area (Å²) in [7, 11) is 1.67. The van der Waals surface area contributed by atoms with Gasteiger partial charge in [0.05, 0.1) is 13.2 Å².